The van der Waals surface area contributed by atoms with E-state index in [1.54, 1.807) is 0 Å². The van der Waals surface area contributed by atoms with Crippen molar-refractivity contribution in [1.29, 1.82) is 0 Å². The Morgan fingerprint density at radius 1 is 1.50 bits per heavy atom. The normalized spacial score (nSPS) is 17.1. The Morgan fingerprint density at radius 2 is 2.12 bits per heavy atom. The van der Waals surface area contributed by atoms with Crippen molar-refractivity contribution in [2.45, 2.75) is 29.4 Å². The Labute approximate surface area is 101 Å². The highest BCUT2D eigenvalue weighted by Crippen LogP contribution is 2.42. The fourth-order valence-corrected chi connectivity index (χ4v) is 3.84. The highest BCUT2D eigenvalue weighted by molar-refractivity contribution is 8.15. The lowest BCUT2D eigenvalue weighted by molar-refractivity contribution is 0.0700. The minimum absolute atomic E-state index is 0.0755. The fourth-order valence-electron chi connectivity index (χ4n) is 1.69. The molecule has 1 aromatic rings. The fraction of sp³-hybridized carbons (Fsp3) is 0.444. The molecule has 7 heteroatoms. The van der Waals surface area contributed by atoms with Gasteiger partial charge in [0.1, 0.15) is 9.09 Å². The summed E-state index contributed by atoms with van der Waals surface area (Å²) in [5.74, 6) is -0.909. The third-order valence-corrected chi connectivity index (χ3v) is 5.93. The number of carboxylic acid groups (broad SMARTS) is 1. The summed E-state index contributed by atoms with van der Waals surface area (Å²) in [5, 5.41) is 8.99. The van der Waals surface area contributed by atoms with Crippen LogP contribution in [-0.4, -0.2) is 19.5 Å². The maximum Gasteiger partial charge on any atom is 0.346 e. The Hall–Kier alpha value is -0.590. The molecule has 1 saturated carbocycles. The molecule has 1 fully saturated rings. The van der Waals surface area contributed by atoms with Crippen LogP contribution in [0.15, 0.2) is 10.3 Å². The Morgan fingerprint density at radius 3 is 2.50 bits per heavy atom. The van der Waals surface area contributed by atoms with Gasteiger partial charge in [-0.3, -0.25) is 0 Å². The molecule has 1 heterocycles. The molecule has 0 aromatic carbocycles. The van der Waals surface area contributed by atoms with Crippen molar-refractivity contribution in [3.05, 3.63) is 16.5 Å². The number of hydrogen-bond donors (Lipinski definition) is 1. The van der Waals surface area contributed by atoms with E-state index in [4.69, 9.17) is 15.8 Å². The highest BCUT2D eigenvalue weighted by atomic mass is 35.7. The van der Waals surface area contributed by atoms with E-state index in [2.05, 4.69) is 0 Å². The van der Waals surface area contributed by atoms with E-state index in [1.165, 1.54) is 6.07 Å². The lowest BCUT2D eigenvalue weighted by atomic mass is 9.80. The van der Waals surface area contributed by atoms with E-state index in [0.717, 1.165) is 30.6 Å². The van der Waals surface area contributed by atoms with Crippen LogP contribution < -0.4 is 0 Å². The van der Waals surface area contributed by atoms with Gasteiger partial charge in [-0.2, -0.15) is 0 Å². The first-order chi connectivity index (χ1) is 7.39. The lowest BCUT2D eigenvalue weighted by Crippen LogP contribution is -2.11. The highest BCUT2D eigenvalue weighted by Gasteiger charge is 2.29. The number of rotatable bonds is 3. The predicted octanol–water partition coefficient (Wildman–Crippen LogP) is 2.64. The van der Waals surface area contributed by atoms with Gasteiger partial charge in [-0.25, -0.2) is 13.2 Å². The van der Waals surface area contributed by atoms with E-state index >= 15 is 0 Å². The van der Waals surface area contributed by atoms with Gasteiger partial charge in [0, 0.05) is 10.7 Å². The van der Waals surface area contributed by atoms with E-state index in [9.17, 15) is 13.2 Å². The van der Waals surface area contributed by atoms with Crippen LogP contribution >= 0.6 is 22.0 Å². The molecular weight excluding hydrogens is 272 g/mol. The SMILES string of the molecule is O=C(O)c1sc(S(=O)(=O)Cl)cc1C1CCC1. The van der Waals surface area contributed by atoms with E-state index < -0.39 is 15.0 Å². The number of hydrogen-bond acceptors (Lipinski definition) is 4. The van der Waals surface area contributed by atoms with Crippen LogP contribution in [0, 0.1) is 0 Å². The van der Waals surface area contributed by atoms with Gasteiger partial charge in [-0.05, 0) is 30.4 Å². The average molecular weight is 281 g/mol. The summed E-state index contributed by atoms with van der Waals surface area (Å²) < 4.78 is 22.2. The molecule has 16 heavy (non-hydrogen) atoms. The summed E-state index contributed by atoms with van der Waals surface area (Å²) in [6.07, 6.45) is 2.89. The van der Waals surface area contributed by atoms with Crippen LogP contribution in [0.4, 0.5) is 0 Å². The van der Waals surface area contributed by atoms with Crippen molar-refractivity contribution in [2.24, 2.45) is 0 Å². The summed E-state index contributed by atoms with van der Waals surface area (Å²) in [6.45, 7) is 0. The minimum atomic E-state index is -3.83. The summed E-state index contributed by atoms with van der Waals surface area (Å²) in [6, 6.07) is 1.40. The zero-order valence-corrected chi connectivity index (χ0v) is 10.5. The molecule has 1 N–H and O–H groups in total. The van der Waals surface area contributed by atoms with Crippen molar-refractivity contribution in [1.82, 2.24) is 0 Å². The molecule has 88 valence electrons. The number of thiophene rings is 1. The maximum absolute atomic E-state index is 11.1. The second-order valence-corrected chi connectivity index (χ2v) is 7.57. The molecule has 0 amide bonds. The van der Waals surface area contributed by atoms with Gasteiger partial charge in [-0.15, -0.1) is 11.3 Å². The zero-order chi connectivity index (χ0) is 11.9. The van der Waals surface area contributed by atoms with Crippen molar-refractivity contribution in [3.8, 4) is 0 Å². The topological polar surface area (TPSA) is 71.4 Å². The van der Waals surface area contributed by atoms with Crippen LogP contribution in [-0.2, 0) is 9.05 Å². The first-order valence-corrected chi connectivity index (χ1v) is 7.84. The van der Waals surface area contributed by atoms with Crippen LogP contribution in [0.25, 0.3) is 0 Å². The third kappa shape index (κ3) is 2.09. The van der Waals surface area contributed by atoms with Gasteiger partial charge in [-0.1, -0.05) is 6.42 Å². The van der Waals surface area contributed by atoms with Crippen LogP contribution in [0.2, 0.25) is 0 Å². The second-order valence-electron chi connectivity index (χ2n) is 3.72. The monoisotopic (exact) mass is 280 g/mol. The second kappa shape index (κ2) is 4.01. The quantitative estimate of drug-likeness (QED) is 0.864. The van der Waals surface area contributed by atoms with Gasteiger partial charge in [0.05, 0.1) is 0 Å². The Bertz CT molecular complexity index is 528. The van der Waals surface area contributed by atoms with Crippen molar-refractivity contribution in [2.75, 3.05) is 0 Å². The summed E-state index contributed by atoms with van der Waals surface area (Å²) in [4.78, 5) is 11.1. The lowest BCUT2D eigenvalue weighted by Gasteiger charge is -2.25. The van der Waals surface area contributed by atoms with E-state index in [1.807, 2.05) is 0 Å². The summed E-state index contributed by atoms with van der Waals surface area (Å²) in [7, 11) is 1.38. The number of aromatic carboxylic acids is 1. The molecule has 0 radical (unpaired) electrons. The van der Waals surface area contributed by atoms with Crippen molar-refractivity contribution >= 4 is 37.0 Å². The molecule has 0 saturated heterocycles. The standard InChI is InChI=1S/C9H9ClO4S2/c10-16(13,14)7-4-6(5-2-1-3-5)8(15-7)9(11)12/h4-5H,1-3H2,(H,11,12). The summed E-state index contributed by atoms with van der Waals surface area (Å²) in [5.41, 5.74) is 0.614. The molecule has 0 atom stereocenters. The zero-order valence-electron chi connectivity index (χ0n) is 8.14. The van der Waals surface area contributed by atoms with Gasteiger partial charge >= 0.3 is 5.97 Å². The molecule has 1 aliphatic carbocycles. The van der Waals surface area contributed by atoms with Crippen LogP contribution in [0.3, 0.4) is 0 Å². The molecule has 1 aliphatic rings. The first kappa shape index (κ1) is 11.9. The van der Waals surface area contributed by atoms with E-state index in [-0.39, 0.29) is 15.0 Å². The van der Waals surface area contributed by atoms with Crippen LogP contribution in [0.1, 0.15) is 40.4 Å². The molecule has 0 aliphatic heterocycles. The largest absolute Gasteiger partial charge is 0.477 e. The van der Waals surface area contributed by atoms with Crippen LogP contribution in [0.5, 0.6) is 0 Å². The number of carbonyl (C=O) groups is 1. The third-order valence-electron chi connectivity index (χ3n) is 2.72. The van der Waals surface area contributed by atoms with Gasteiger partial charge in [0.2, 0.25) is 0 Å². The molecule has 4 nitrogen and oxygen atoms in total. The van der Waals surface area contributed by atoms with Crippen molar-refractivity contribution < 1.29 is 18.3 Å². The molecule has 0 bridgehead atoms. The van der Waals surface area contributed by atoms with E-state index in [0.29, 0.717) is 5.56 Å². The first-order valence-electron chi connectivity index (χ1n) is 4.71. The van der Waals surface area contributed by atoms with Gasteiger partial charge < -0.3 is 5.11 Å². The molecule has 0 spiro atoms. The predicted molar refractivity (Wildman–Crippen MR) is 60.9 cm³/mol. The average Bonchev–Trinajstić information content (AvgIpc) is 2.44. The van der Waals surface area contributed by atoms with Crippen molar-refractivity contribution in [3.63, 3.8) is 0 Å². The number of carboxylic acids is 1. The molecule has 2 rings (SSSR count). The maximum atomic E-state index is 11.1. The number of halogens is 1. The molecule has 1 aromatic heterocycles. The summed E-state index contributed by atoms with van der Waals surface area (Å²) >= 11 is 0.733. The Kier molecular flexibility index (Phi) is 2.98. The minimum Gasteiger partial charge on any atom is -0.477 e. The molecular formula is C9H9ClO4S2. The van der Waals surface area contributed by atoms with Gasteiger partial charge in [0.15, 0.2) is 0 Å². The molecule has 0 unspecified atom stereocenters. The Balaban J connectivity index is 2.49. The van der Waals surface area contributed by atoms with Gasteiger partial charge in [0.25, 0.3) is 9.05 Å². The smallest absolute Gasteiger partial charge is 0.346 e.